The van der Waals surface area contributed by atoms with Gasteiger partial charge in [-0.25, -0.2) is 0 Å². The molecule has 0 aliphatic heterocycles. The van der Waals surface area contributed by atoms with Crippen LogP contribution < -0.4 is 5.32 Å². The molecule has 1 fully saturated rings. The molecule has 0 bridgehead atoms. The molecule has 19 heavy (non-hydrogen) atoms. The molecule has 0 aromatic heterocycles. The first-order valence-corrected chi connectivity index (χ1v) is 8.52. The number of hydrogen-bond acceptors (Lipinski definition) is 2. The Bertz CT molecular complexity index is 199. The number of hydrogen-bond donors (Lipinski definition) is 1. The van der Waals surface area contributed by atoms with E-state index in [4.69, 9.17) is 4.74 Å². The van der Waals surface area contributed by atoms with Gasteiger partial charge in [-0.2, -0.15) is 0 Å². The van der Waals surface area contributed by atoms with Crippen molar-refractivity contribution in [3.05, 3.63) is 0 Å². The largest absolute Gasteiger partial charge is 0.381 e. The van der Waals surface area contributed by atoms with Crippen LogP contribution >= 0.6 is 0 Å². The van der Waals surface area contributed by atoms with E-state index >= 15 is 0 Å². The summed E-state index contributed by atoms with van der Waals surface area (Å²) < 4.78 is 5.76. The van der Waals surface area contributed by atoms with Crippen molar-refractivity contribution in [2.75, 3.05) is 26.3 Å². The Labute approximate surface area is 120 Å². The third kappa shape index (κ3) is 7.94. The second-order valence-corrected chi connectivity index (χ2v) is 6.61. The van der Waals surface area contributed by atoms with Crippen molar-refractivity contribution in [3.63, 3.8) is 0 Å². The molecule has 0 heterocycles. The van der Waals surface area contributed by atoms with Crippen molar-refractivity contribution in [1.82, 2.24) is 5.32 Å². The maximum Gasteiger partial charge on any atom is 0.0469 e. The topological polar surface area (TPSA) is 21.3 Å². The molecule has 0 spiro atoms. The monoisotopic (exact) mass is 269 g/mol. The number of unbranched alkanes of at least 4 members (excludes halogenated alkanes) is 1. The minimum atomic E-state index is 0.755. The quantitative estimate of drug-likeness (QED) is 0.566. The highest BCUT2D eigenvalue weighted by Crippen LogP contribution is 2.32. The molecular weight excluding hydrogens is 234 g/mol. The normalized spacial score (nSPS) is 18.3. The predicted octanol–water partition coefficient (Wildman–Crippen LogP) is 4.25. The highest BCUT2D eigenvalue weighted by atomic mass is 16.5. The highest BCUT2D eigenvalue weighted by Gasteiger charge is 2.24. The summed E-state index contributed by atoms with van der Waals surface area (Å²) in [5.41, 5.74) is 0. The summed E-state index contributed by atoms with van der Waals surface area (Å²) in [6.07, 6.45) is 9.48. The van der Waals surface area contributed by atoms with Crippen LogP contribution in [-0.4, -0.2) is 26.3 Å². The van der Waals surface area contributed by atoms with E-state index in [1.807, 2.05) is 0 Å². The van der Waals surface area contributed by atoms with Crippen LogP contribution in [0.25, 0.3) is 0 Å². The SMILES string of the molecule is CCCCOCCC(CNCC(C)C)C1CCCC1. The molecule has 0 aromatic carbocycles. The zero-order valence-electron chi connectivity index (χ0n) is 13.4. The van der Waals surface area contributed by atoms with Gasteiger partial charge >= 0.3 is 0 Å². The molecule has 0 aromatic rings. The maximum atomic E-state index is 5.76. The number of ether oxygens (including phenoxy) is 1. The third-order valence-corrected chi connectivity index (χ3v) is 4.30. The van der Waals surface area contributed by atoms with Crippen molar-refractivity contribution >= 4 is 0 Å². The third-order valence-electron chi connectivity index (χ3n) is 4.30. The van der Waals surface area contributed by atoms with Crippen molar-refractivity contribution in [3.8, 4) is 0 Å². The molecule has 2 nitrogen and oxygen atoms in total. The van der Waals surface area contributed by atoms with Gasteiger partial charge in [0.25, 0.3) is 0 Å². The first-order valence-electron chi connectivity index (χ1n) is 8.52. The fourth-order valence-corrected chi connectivity index (χ4v) is 3.07. The van der Waals surface area contributed by atoms with Gasteiger partial charge in [0, 0.05) is 13.2 Å². The van der Waals surface area contributed by atoms with Crippen molar-refractivity contribution in [1.29, 1.82) is 0 Å². The van der Waals surface area contributed by atoms with Crippen molar-refractivity contribution < 1.29 is 4.74 Å². The Morgan fingerprint density at radius 3 is 2.47 bits per heavy atom. The summed E-state index contributed by atoms with van der Waals surface area (Å²) in [5.74, 6) is 2.54. The molecule has 0 saturated heterocycles. The Morgan fingerprint density at radius 2 is 1.84 bits per heavy atom. The summed E-state index contributed by atoms with van der Waals surface area (Å²) in [4.78, 5) is 0. The summed E-state index contributed by atoms with van der Waals surface area (Å²) >= 11 is 0. The lowest BCUT2D eigenvalue weighted by Gasteiger charge is -2.24. The molecule has 2 heteroatoms. The van der Waals surface area contributed by atoms with E-state index in [1.165, 1.54) is 51.5 Å². The van der Waals surface area contributed by atoms with Gasteiger partial charge in [0.1, 0.15) is 0 Å². The van der Waals surface area contributed by atoms with E-state index in [2.05, 4.69) is 26.1 Å². The van der Waals surface area contributed by atoms with E-state index < -0.39 is 0 Å². The molecule has 1 saturated carbocycles. The molecule has 1 unspecified atom stereocenters. The molecule has 0 amide bonds. The summed E-state index contributed by atoms with van der Waals surface area (Å²) in [7, 11) is 0. The van der Waals surface area contributed by atoms with Crippen LogP contribution in [0, 0.1) is 17.8 Å². The minimum absolute atomic E-state index is 0.755. The fourth-order valence-electron chi connectivity index (χ4n) is 3.07. The first kappa shape index (κ1) is 17.0. The lowest BCUT2D eigenvalue weighted by Crippen LogP contribution is -2.30. The zero-order valence-corrected chi connectivity index (χ0v) is 13.4. The van der Waals surface area contributed by atoms with Gasteiger partial charge in [-0.05, 0) is 43.7 Å². The van der Waals surface area contributed by atoms with Gasteiger partial charge in [-0.3, -0.25) is 0 Å². The molecule has 1 N–H and O–H groups in total. The van der Waals surface area contributed by atoms with Crippen LogP contribution in [-0.2, 0) is 4.74 Å². The molecule has 1 aliphatic carbocycles. The van der Waals surface area contributed by atoms with Gasteiger partial charge < -0.3 is 10.1 Å². The smallest absolute Gasteiger partial charge is 0.0469 e. The molecule has 0 radical (unpaired) electrons. The van der Waals surface area contributed by atoms with E-state index in [-0.39, 0.29) is 0 Å². The van der Waals surface area contributed by atoms with E-state index in [0.29, 0.717) is 0 Å². The van der Waals surface area contributed by atoms with Gasteiger partial charge in [0.05, 0.1) is 0 Å². The lowest BCUT2D eigenvalue weighted by molar-refractivity contribution is 0.107. The summed E-state index contributed by atoms with van der Waals surface area (Å²) in [6, 6.07) is 0. The molecule has 1 aliphatic rings. The maximum absolute atomic E-state index is 5.76. The lowest BCUT2D eigenvalue weighted by atomic mass is 9.88. The average Bonchev–Trinajstić information content (AvgIpc) is 2.89. The molecule has 1 rings (SSSR count). The van der Waals surface area contributed by atoms with Crippen LogP contribution in [0.4, 0.5) is 0 Å². The Morgan fingerprint density at radius 1 is 1.11 bits per heavy atom. The van der Waals surface area contributed by atoms with Gasteiger partial charge in [0.2, 0.25) is 0 Å². The van der Waals surface area contributed by atoms with Crippen molar-refractivity contribution in [2.24, 2.45) is 17.8 Å². The summed E-state index contributed by atoms with van der Waals surface area (Å²) in [6.45, 7) is 11.1. The van der Waals surface area contributed by atoms with Gasteiger partial charge in [-0.15, -0.1) is 0 Å². The van der Waals surface area contributed by atoms with Gasteiger partial charge in [-0.1, -0.05) is 52.9 Å². The van der Waals surface area contributed by atoms with E-state index in [1.54, 1.807) is 0 Å². The molecule has 114 valence electrons. The Hall–Kier alpha value is -0.0800. The first-order chi connectivity index (χ1) is 9.24. The number of nitrogens with one attached hydrogen (secondary N) is 1. The predicted molar refractivity (Wildman–Crippen MR) is 83.5 cm³/mol. The average molecular weight is 269 g/mol. The number of rotatable bonds is 11. The van der Waals surface area contributed by atoms with Crippen molar-refractivity contribution in [2.45, 2.75) is 65.7 Å². The van der Waals surface area contributed by atoms with Crippen LogP contribution in [0.2, 0.25) is 0 Å². The minimum Gasteiger partial charge on any atom is -0.381 e. The van der Waals surface area contributed by atoms with Gasteiger partial charge in [0.15, 0.2) is 0 Å². The molecular formula is C17H35NO. The standard InChI is InChI=1S/C17H35NO/c1-4-5-11-19-12-10-17(14-18-13-15(2)3)16-8-6-7-9-16/h15-18H,4-14H2,1-3H3. The van der Waals surface area contributed by atoms with Crippen LogP contribution in [0.3, 0.4) is 0 Å². The second-order valence-electron chi connectivity index (χ2n) is 6.61. The van der Waals surface area contributed by atoms with Crippen LogP contribution in [0.5, 0.6) is 0 Å². The van der Waals surface area contributed by atoms with Crippen LogP contribution in [0.15, 0.2) is 0 Å². The second kappa shape index (κ2) is 10.7. The van der Waals surface area contributed by atoms with E-state index in [9.17, 15) is 0 Å². The summed E-state index contributed by atoms with van der Waals surface area (Å²) in [5, 5.41) is 3.66. The fraction of sp³-hybridized carbons (Fsp3) is 1.00. The molecule has 1 atom stereocenters. The zero-order chi connectivity index (χ0) is 13.9. The van der Waals surface area contributed by atoms with Crippen LogP contribution in [0.1, 0.15) is 65.7 Å². The Balaban J connectivity index is 2.19. The Kier molecular flexibility index (Phi) is 9.54. The highest BCUT2D eigenvalue weighted by molar-refractivity contribution is 4.77. The van der Waals surface area contributed by atoms with E-state index in [0.717, 1.165) is 37.5 Å².